The minimum absolute atomic E-state index is 0.168. The molecule has 3 rings (SSSR count). The largest absolute Gasteiger partial charge is 0.462 e. The van der Waals surface area contributed by atoms with Crippen molar-refractivity contribution in [3.05, 3.63) is 64.7 Å². The van der Waals surface area contributed by atoms with Crippen molar-refractivity contribution in [3.63, 3.8) is 0 Å². The van der Waals surface area contributed by atoms with Gasteiger partial charge in [0.15, 0.2) is 0 Å². The van der Waals surface area contributed by atoms with Crippen LogP contribution in [-0.2, 0) is 20.7 Å². The lowest BCUT2D eigenvalue weighted by atomic mass is 9.98. The van der Waals surface area contributed by atoms with Crippen molar-refractivity contribution in [2.24, 2.45) is 5.92 Å². The number of carbonyl (C=O) groups is 3. The van der Waals surface area contributed by atoms with Crippen LogP contribution >= 0.6 is 11.6 Å². The van der Waals surface area contributed by atoms with Crippen LogP contribution in [0.4, 0.5) is 5.69 Å². The van der Waals surface area contributed by atoms with E-state index in [-0.39, 0.29) is 24.8 Å². The second kappa shape index (κ2) is 7.70. The molecule has 1 atom stereocenters. The molecule has 0 N–H and O–H groups in total. The molecule has 2 aromatic rings. The molecule has 2 aromatic carbocycles. The molecule has 134 valence electrons. The van der Waals surface area contributed by atoms with E-state index in [1.54, 1.807) is 43.3 Å². The number of esters is 1. The molecule has 1 saturated heterocycles. The van der Waals surface area contributed by atoms with Crippen LogP contribution in [0.25, 0.3) is 0 Å². The molecule has 0 aromatic heterocycles. The fourth-order valence-electron chi connectivity index (χ4n) is 2.99. The van der Waals surface area contributed by atoms with Gasteiger partial charge in [-0.3, -0.25) is 14.5 Å². The van der Waals surface area contributed by atoms with E-state index in [4.69, 9.17) is 16.3 Å². The number of carbonyl (C=O) groups excluding carboxylic acids is 3. The van der Waals surface area contributed by atoms with Gasteiger partial charge < -0.3 is 4.74 Å². The smallest absolute Gasteiger partial charge is 0.338 e. The first kappa shape index (κ1) is 18.1. The van der Waals surface area contributed by atoms with E-state index < -0.39 is 11.9 Å². The molecular formula is C20H18ClNO4. The third-order valence-corrected chi connectivity index (χ3v) is 4.52. The zero-order valence-electron chi connectivity index (χ0n) is 14.3. The van der Waals surface area contributed by atoms with Gasteiger partial charge in [0, 0.05) is 11.4 Å². The van der Waals surface area contributed by atoms with Crippen LogP contribution in [0.2, 0.25) is 5.02 Å². The summed E-state index contributed by atoms with van der Waals surface area (Å²) < 4.78 is 4.93. The molecule has 2 amide bonds. The molecule has 1 heterocycles. The van der Waals surface area contributed by atoms with Crippen LogP contribution in [0.15, 0.2) is 48.5 Å². The third kappa shape index (κ3) is 3.78. The lowest BCUT2D eigenvalue weighted by molar-refractivity contribution is -0.122. The Hall–Kier alpha value is -2.66. The lowest BCUT2D eigenvalue weighted by Crippen LogP contribution is -2.30. The summed E-state index contributed by atoms with van der Waals surface area (Å²) in [5.41, 5.74) is 1.80. The molecule has 0 bridgehead atoms. The van der Waals surface area contributed by atoms with Crippen molar-refractivity contribution >= 4 is 35.1 Å². The highest BCUT2D eigenvalue weighted by molar-refractivity contribution is 6.30. The summed E-state index contributed by atoms with van der Waals surface area (Å²) in [5.74, 6) is -1.29. The second-order valence-electron chi connectivity index (χ2n) is 6.07. The average molecular weight is 372 g/mol. The highest BCUT2D eigenvalue weighted by Gasteiger charge is 2.39. The van der Waals surface area contributed by atoms with E-state index in [1.165, 1.54) is 4.90 Å². The van der Waals surface area contributed by atoms with Gasteiger partial charge in [-0.15, -0.1) is 0 Å². The topological polar surface area (TPSA) is 63.7 Å². The van der Waals surface area contributed by atoms with Gasteiger partial charge in [-0.2, -0.15) is 0 Å². The predicted molar refractivity (Wildman–Crippen MR) is 98.2 cm³/mol. The number of hydrogen-bond acceptors (Lipinski definition) is 4. The van der Waals surface area contributed by atoms with Gasteiger partial charge in [-0.1, -0.05) is 23.7 Å². The number of ether oxygens (including phenoxy) is 1. The Morgan fingerprint density at radius 1 is 1.12 bits per heavy atom. The number of benzene rings is 2. The number of anilines is 1. The first-order chi connectivity index (χ1) is 12.5. The molecule has 0 aliphatic carbocycles. The summed E-state index contributed by atoms with van der Waals surface area (Å²) >= 11 is 5.88. The number of rotatable bonds is 5. The fraction of sp³-hybridized carbons (Fsp3) is 0.250. The summed E-state index contributed by atoms with van der Waals surface area (Å²) in [5, 5.41) is 0.630. The minimum Gasteiger partial charge on any atom is -0.462 e. The van der Waals surface area contributed by atoms with E-state index in [0.29, 0.717) is 22.7 Å². The highest BCUT2D eigenvalue weighted by atomic mass is 35.5. The van der Waals surface area contributed by atoms with Gasteiger partial charge >= 0.3 is 5.97 Å². The predicted octanol–water partition coefficient (Wildman–Crippen LogP) is 3.64. The van der Waals surface area contributed by atoms with Crippen LogP contribution in [0, 0.1) is 5.92 Å². The number of hydrogen-bond donors (Lipinski definition) is 0. The molecule has 0 spiro atoms. The van der Waals surface area contributed by atoms with Gasteiger partial charge in [0.05, 0.1) is 23.8 Å². The van der Waals surface area contributed by atoms with Gasteiger partial charge in [-0.25, -0.2) is 4.79 Å². The van der Waals surface area contributed by atoms with Gasteiger partial charge in [0.2, 0.25) is 11.8 Å². The number of nitrogens with zero attached hydrogens (tertiary/aromatic N) is 1. The standard InChI is InChI=1S/C20H18ClNO4/c1-2-26-20(25)14-5-9-17(10-6-14)22-18(23)12-15(19(22)24)11-13-3-7-16(21)8-4-13/h3-10,15H,2,11-12H2,1H3. The fourth-order valence-corrected chi connectivity index (χ4v) is 3.12. The Bertz CT molecular complexity index is 830. The van der Waals surface area contributed by atoms with Crippen LogP contribution in [0.1, 0.15) is 29.3 Å². The maximum atomic E-state index is 12.7. The molecule has 1 aliphatic heterocycles. The molecule has 0 saturated carbocycles. The third-order valence-electron chi connectivity index (χ3n) is 4.27. The number of imide groups is 1. The summed E-state index contributed by atoms with van der Waals surface area (Å²) in [7, 11) is 0. The number of amides is 2. The Kier molecular flexibility index (Phi) is 5.38. The van der Waals surface area contributed by atoms with Crippen molar-refractivity contribution < 1.29 is 19.1 Å². The first-order valence-electron chi connectivity index (χ1n) is 8.38. The molecule has 5 nitrogen and oxygen atoms in total. The van der Waals surface area contributed by atoms with E-state index in [0.717, 1.165) is 5.56 Å². The molecule has 1 unspecified atom stereocenters. The normalized spacial score (nSPS) is 16.8. The van der Waals surface area contributed by atoms with Crippen molar-refractivity contribution in [1.29, 1.82) is 0 Å². The minimum atomic E-state index is -0.432. The van der Waals surface area contributed by atoms with E-state index in [2.05, 4.69) is 0 Å². The maximum absolute atomic E-state index is 12.7. The summed E-state index contributed by atoms with van der Waals surface area (Å²) in [6, 6.07) is 13.5. The molecule has 1 fully saturated rings. The average Bonchev–Trinajstić information content (AvgIpc) is 2.91. The molecule has 1 aliphatic rings. The van der Waals surface area contributed by atoms with E-state index in [1.807, 2.05) is 12.1 Å². The Balaban J connectivity index is 1.74. The summed E-state index contributed by atoms with van der Waals surface area (Å²) in [6.07, 6.45) is 0.653. The molecule has 26 heavy (non-hydrogen) atoms. The van der Waals surface area contributed by atoms with Crippen LogP contribution in [0.5, 0.6) is 0 Å². The van der Waals surface area contributed by atoms with Crippen molar-refractivity contribution in [3.8, 4) is 0 Å². The maximum Gasteiger partial charge on any atom is 0.338 e. The van der Waals surface area contributed by atoms with Crippen molar-refractivity contribution in [1.82, 2.24) is 0 Å². The van der Waals surface area contributed by atoms with Crippen LogP contribution in [0.3, 0.4) is 0 Å². The zero-order valence-corrected chi connectivity index (χ0v) is 15.0. The SMILES string of the molecule is CCOC(=O)c1ccc(N2C(=O)CC(Cc3ccc(Cl)cc3)C2=O)cc1. The van der Waals surface area contributed by atoms with Crippen LogP contribution in [-0.4, -0.2) is 24.4 Å². The van der Waals surface area contributed by atoms with Crippen LogP contribution < -0.4 is 4.90 Å². The second-order valence-corrected chi connectivity index (χ2v) is 6.50. The lowest BCUT2D eigenvalue weighted by Gasteiger charge is -2.15. The first-order valence-corrected chi connectivity index (χ1v) is 8.76. The number of halogens is 1. The van der Waals surface area contributed by atoms with Gasteiger partial charge in [0.1, 0.15) is 0 Å². The van der Waals surface area contributed by atoms with E-state index >= 15 is 0 Å². The van der Waals surface area contributed by atoms with Crippen molar-refractivity contribution in [2.45, 2.75) is 19.8 Å². The monoisotopic (exact) mass is 371 g/mol. The Morgan fingerprint density at radius 2 is 1.77 bits per heavy atom. The zero-order chi connectivity index (χ0) is 18.7. The molecule has 0 radical (unpaired) electrons. The summed E-state index contributed by atoms with van der Waals surface area (Å²) in [4.78, 5) is 37.9. The molecule has 6 heteroatoms. The Labute approximate surface area is 156 Å². The Morgan fingerprint density at radius 3 is 2.38 bits per heavy atom. The van der Waals surface area contributed by atoms with E-state index in [9.17, 15) is 14.4 Å². The highest BCUT2D eigenvalue weighted by Crippen LogP contribution is 2.29. The van der Waals surface area contributed by atoms with Crippen molar-refractivity contribution in [2.75, 3.05) is 11.5 Å². The molecular weight excluding hydrogens is 354 g/mol. The summed E-state index contributed by atoms with van der Waals surface area (Å²) in [6.45, 7) is 2.02. The quantitative estimate of drug-likeness (QED) is 0.594. The van der Waals surface area contributed by atoms with Gasteiger partial charge in [-0.05, 0) is 55.3 Å². The van der Waals surface area contributed by atoms with Gasteiger partial charge in [0.25, 0.3) is 0 Å².